The average molecular weight is 674 g/mol. The van der Waals surface area contributed by atoms with Crippen LogP contribution in [0.1, 0.15) is 40.2 Å². The molecule has 2 atom stereocenters. The summed E-state index contributed by atoms with van der Waals surface area (Å²) in [7, 11) is 0. The highest BCUT2D eigenvalue weighted by Crippen LogP contribution is 2.41. The van der Waals surface area contributed by atoms with Gasteiger partial charge in [-0.1, -0.05) is 23.2 Å². The second-order valence-electron chi connectivity index (χ2n) is 10.4. The van der Waals surface area contributed by atoms with Gasteiger partial charge in [0.25, 0.3) is 0 Å². The fraction of sp³-hybridized carbons (Fsp3) is 0.364. The molecule has 1 fully saturated rings. The molecule has 4 aromatic rings. The lowest BCUT2D eigenvalue weighted by Crippen LogP contribution is -2.34. The van der Waals surface area contributed by atoms with Crippen molar-refractivity contribution in [3.63, 3.8) is 0 Å². The predicted molar refractivity (Wildman–Crippen MR) is 175 cm³/mol. The van der Waals surface area contributed by atoms with E-state index in [2.05, 4.69) is 15.4 Å². The smallest absolute Gasteiger partial charge is 0.411 e. The summed E-state index contributed by atoms with van der Waals surface area (Å²) in [6.45, 7) is 11.2. The molecule has 11 nitrogen and oxygen atoms in total. The van der Waals surface area contributed by atoms with Gasteiger partial charge < -0.3 is 28.4 Å². The van der Waals surface area contributed by atoms with Crippen LogP contribution in [0.25, 0.3) is 0 Å². The molecular weight excluding hydrogens is 635 g/mol. The Bertz CT molecular complexity index is 1550. The van der Waals surface area contributed by atoms with Crippen molar-refractivity contribution in [1.82, 2.24) is 14.8 Å². The second-order valence-corrected chi connectivity index (χ2v) is 11.2. The molecule has 46 heavy (non-hydrogen) atoms. The van der Waals surface area contributed by atoms with E-state index >= 15 is 0 Å². The van der Waals surface area contributed by atoms with Gasteiger partial charge in [-0.05, 0) is 89.2 Å². The van der Waals surface area contributed by atoms with Crippen molar-refractivity contribution in [3.05, 3.63) is 88.9 Å². The first kappa shape index (κ1) is 34.8. The molecule has 0 radical (unpaired) electrons. The zero-order valence-corrected chi connectivity index (χ0v) is 27.9. The molecule has 1 aromatic heterocycles. The Morgan fingerprint density at radius 1 is 1.02 bits per heavy atom. The van der Waals surface area contributed by atoms with Crippen molar-refractivity contribution in [2.24, 2.45) is 0 Å². The molecule has 1 N–H and O–H groups in total. The van der Waals surface area contributed by atoms with Crippen molar-refractivity contribution in [2.45, 2.75) is 59.2 Å². The number of aromatic nitrogens is 3. The zero-order chi connectivity index (χ0) is 33.1. The SMILES string of the molecule is CC1COC(Cn2cncn2)(c2ccc(Oc3ccc(Cl)cc3)cc2Cl)O1.CCOc1ccc(NC(=O)OC(C)C)cc1OCC. The number of carbonyl (C=O) groups excluding carboxylic acids is 1. The number of nitrogens with one attached hydrogen (secondary N) is 1. The monoisotopic (exact) mass is 672 g/mol. The number of amides is 1. The number of nitrogens with zero attached hydrogens (tertiary/aromatic N) is 3. The molecule has 0 saturated carbocycles. The number of benzene rings is 3. The number of ether oxygens (including phenoxy) is 6. The fourth-order valence-electron chi connectivity index (χ4n) is 4.48. The van der Waals surface area contributed by atoms with Crippen LogP contribution in [0, 0.1) is 0 Å². The number of rotatable bonds is 11. The summed E-state index contributed by atoms with van der Waals surface area (Å²) in [5.74, 6) is 1.51. The van der Waals surface area contributed by atoms with Gasteiger partial charge in [0.15, 0.2) is 11.5 Å². The molecular formula is C33H38Cl2N4O7. The minimum Gasteiger partial charge on any atom is -0.490 e. The third-order valence-electron chi connectivity index (χ3n) is 6.31. The van der Waals surface area contributed by atoms with Crippen LogP contribution in [0.2, 0.25) is 10.0 Å². The number of carbonyl (C=O) groups is 1. The number of hydrogen-bond acceptors (Lipinski definition) is 9. The lowest BCUT2D eigenvalue weighted by molar-refractivity contribution is -0.186. The van der Waals surface area contributed by atoms with Crippen LogP contribution in [0.4, 0.5) is 10.5 Å². The summed E-state index contributed by atoms with van der Waals surface area (Å²) in [5, 5.41) is 7.93. The van der Waals surface area contributed by atoms with Gasteiger partial charge in [0, 0.05) is 22.3 Å². The molecule has 5 rings (SSSR count). The number of anilines is 1. The minimum absolute atomic E-state index is 0.0606. The largest absolute Gasteiger partial charge is 0.490 e. The molecule has 1 aliphatic rings. The highest BCUT2D eigenvalue weighted by atomic mass is 35.5. The van der Waals surface area contributed by atoms with E-state index < -0.39 is 11.9 Å². The summed E-state index contributed by atoms with van der Waals surface area (Å²) in [6, 6.07) is 17.8. The lowest BCUT2D eigenvalue weighted by atomic mass is 10.1. The van der Waals surface area contributed by atoms with Crippen LogP contribution in [0.15, 0.2) is 73.3 Å². The predicted octanol–water partition coefficient (Wildman–Crippen LogP) is 8.11. The Hall–Kier alpha value is -4.03. The van der Waals surface area contributed by atoms with E-state index in [0.717, 1.165) is 0 Å². The van der Waals surface area contributed by atoms with Crippen molar-refractivity contribution in [3.8, 4) is 23.0 Å². The molecule has 2 unspecified atom stereocenters. The van der Waals surface area contributed by atoms with Gasteiger partial charge in [0.2, 0.25) is 5.79 Å². The van der Waals surface area contributed by atoms with Gasteiger partial charge in [-0.2, -0.15) is 5.10 Å². The molecule has 1 amide bonds. The van der Waals surface area contributed by atoms with Crippen molar-refractivity contribution >= 4 is 35.0 Å². The Kier molecular flexibility index (Phi) is 12.5. The van der Waals surface area contributed by atoms with E-state index in [1.54, 1.807) is 73.4 Å². The van der Waals surface area contributed by atoms with Gasteiger partial charge in [0.1, 0.15) is 30.7 Å². The molecule has 1 aliphatic heterocycles. The van der Waals surface area contributed by atoms with E-state index in [1.165, 1.54) is 6.33 Å². The maximum atomic E-state index is 11.5. The Morgan fingerprint density at radius 3 is 2.35 bits per heavy atom. The first-order valence-electron chi connectivity index (χ1n) is 14.9. The van der Waals surface area contributed by atoms with Crippen molar-refractivity contribution in [2.75, 3.05) is 25.1 Å². The van der Waals surface area contributed by atoms with Crippen LogP contribution in [-0.2, 0) is 26.5 Å². The summed E-state index contributed by atoms with van der Waals surface area (Å²) in [5.41, 5.74) is 1.32. The molecule has 1 saturated heterocycles. The minimum atomic E-state index is -1.02. The highest BCUT2D eigenvalue weighted by Gasteiger charge is 2.44. The summed E-state index contributed by atoms with van der Waals surface area (Å²) >= 11 is 12.5. The zero-order valence-electron chi connectivity index (χ0n) is 26.4. The lowest BCUT2D eigenvalue weighted by Gasteiger charge is -2.29. The molecule has 0 aliphatic carbocycles. The third kappa shape index (κ3) is 9.73. The molecule has 13 heteroatoms. The first-order valence-corrected chi connectivity index (χ1v) is 15.6. The number of hydrogen-bond donors (Lipinski definition) is 1. The molecule has 3 aromatic carbocycles. The average Bonchev–Trinajstić information content (AvgIpc) is 3.65. The van der Waals surface area contributed by atoms with Crippen LogP contribution in [0.3, 0.4) is 0 Å². The number of halogens is 2. The van der Waals surface area contributed by atoms with E-state index in [4.69, 9.17) is 51.6 Å². The van der Waals surface area contributed by atoms with Gasteiger partial charge in [-0.15, -0.1) is 0 Å². The summed E-state index contributed by atoms with van der Waals surface area (Å²) in [6.07, 6.45) is 2.38. The fourth-order valence-corrected chi connectivity index (χ4v) is 4.92. The van der Waals surface area contributed by atoms with Crippen LogP contribution in [0.5, 0.6) is 23.0 Å². The van der Waals surface area contributed by atoms with E-state index in [1.807, 2.05) is 32.9 Å². The highest BCUT2D eigenvalue weighted by molar-refractivity contribution is 6.31. The molecule has 2 heterocycles. The third-order valence-corrected chi connectivity index (χ3v) is 6.88. The maximum absolute atomic E-state index is 11.5. The van der Waals surface area contributed by atoms with Crippen LogP contribution < -0.4 is 19.5 Å². The normalized spacial score (nSPS) is 17.2. The molecule has 246 valence electrons. The quantitative estimate of drug-likeness (QED) is 0.169. The molecule has 0 spiro atoms. The van der Waals surface area contributed by atoms with E-state index in [9.17, 15) is 4.79 Å². The maximum Gasteiger partial charge on any atom is 0.411 e. The second kappa shape index (κ2) is 16.5. The van der Waals surface area contributed by atoms with Crippen LogP contribution in [-0.4, -0.2) is 52.9 Å². The van der Waals surface area contributed by atoms with Crippen LogP contribution >= 0.6 is 23.2 Å². The van der Waals surface area contributed by atoms with Gasteiger partial charge in [0.05, 0.1) is 37.1 Å². The topological polar surface area (TPSA) is 115 Å². The Labute approximate surface area is 278 Å². The summed E-state index contributed by atoms with van der Waals surface area (Å²) < 4.78 is 35.6. The van der Waals surface area contributed by atoms with Crippen molar-refractivity contribution in [1.29, 1.82) is 0 Å². The first-order chi connectivity index (χ1) is 22.1. The Morgan fingerprint density at radius 2 is 1.74 bits per heavy atom. The van der Waals surface area contributed by atoms with E-state index in [0.29, 0.717) is 70.7 Å². The molecule has 0 bridgehead atoms. The van der Waals surface area contributed by atoms with Crippen molar-refractivity contribution < 1.29 is 33.2 Å². The standard InChI is InChI=1S/C19H17Cl2N3O3.C14H21NO4/c1-13-9-25-19(27-13,10-24-12-22-11-23-24)17-7-6-16(8-18(17)21)26-15-4-2-14(20)3-5-15;1-5-17-12-8-7-11(9-13(12)18-6-2)15-14(16)19-10(3)4/h2-8,11-13H,9-10H2,1H3;7-10H,5-6H2,1-4H3,(H,15,16). The summed E-state index contributed by atoms with van der Waals surface area (Å²) in [4.78, 5) is 15.5. The van der Waals surface area contributed by atoms with Gasteiger partial charge in [-0.25, -0.2) is 14.5 Å². The Balaban J connectivity index is 0.000000224. The van der Waals surface area contributed by atoms with Gasteiger partial charge >= 0.3 is 6.09 Å². The van der Waals surface area contributed by atoms with Gasteiger partial charge in [-0.3, -0.25) is 5.32 Å². The van der Waals surface area contributed by atoms with E-state index in [-0.39, 0.29) is 12.2 Å².